The quantitative estimate of drug-likeness (QED) is 0.824. The van der Waals surface area contributed by atoms with Crippen molar-refractivity contribution in [3.63, 3.8) is 0 Å². The molecule has 0 saturated heterocycles. The number of benzene rings is 1. The molecule has 0 aliphatic carbocycles. The van der Waals surface area contributed by atoms with E-state index >= 15 is 0 Å². The van der Waals surface area contributed by atoms with Gasteiger partial charge < -0.3 is 14.8 Å². The number of nitrogens with zero attached hydrogens (tertiary/aromatic N) is 1. The predicted octanol–water partition coefficient (Wildman–Crippen LogP) is 1.73. The topological polar surface area (TPSA) is 58.3 Å². The van der Waals surface area contributed by atoms with Gasteiger partial charge in [-0.2, -0.15) is 0 Å². The molecule has 2 N–H and O–H groups in total. The van der Waals surface area contributed by atoms with Crippen molar-refractivity contribution in [2.75, 3.05) is 13.6 Å². The maximum absolute atomic E-state index is 9.35. The fourth-order valence-corrected chi connectivity index (χ4v) is 1.63. The predicted molar refractivity (Wildman–Crippen MR) is 65.0 cm³/mol. The Morgan fingerprint density at radius 2 is 2.29 bits per heavy atom. The third-order valence-corrected chi connectivity index (χ3v) is 2.49. The Labute approximate surface area is 100 Å². The van der Waals surface area contributed by atoms with Gasteiger partial charge in [-0.15, -0.1) is 0 Å². The van der Waals surface area contributed by atoms with Crippen molar-refractivity contribution >= 4 is 0 Å². The van der Waals surface area contributed by atoms with Gasteiger partial charge in [-0.1, -0.05) is 12.1 Å². The Morgan fingerprint density at radius 3 is 3.06 bits per heavy atom. The van der Waals surface area contributed by atoms with Gasteiger partial charge >= 0.3 is 0 Å². The Morgan fingerprint density at radius 1 is 1.41 bits per heavy atom. The van der Waals surface area contributed by atoms with Gasteiger partial charge in [0.05, 0.1) is 6.20 Å². The van der Waals surface area contributed by atoms with Gasteiger partial charge in [0.1, 0.15) is 11.5 Å². The molecule has 0 spiro atoms. The highest BCUT2D eigenvalue weighted by Crippen LogP contribution is 2.15. The van der Waals surface area contributed by atoms with Crippen LogP contribution in [0.4, 0.5) is 0 Å². The van der Waals surface area contributed by atoms with Crippen LogP contribution >= 0.6 is 0 Å². The third kappa shape index (κ3) is 3.32. The van der Waals surface area contributed by atoms with Crippen molar-refractivity contribution in [1.29, 1.82) is 0 Å². The molecule has 0 radical (unpaired) electrons. The van der Waals surface area contributed by atoms with E-state index in [1.165, 1.54) is 0 Å². The zero-order valence-electron chi connectivity index (χ0n) is 9.81. The van der Waals surface area contributed by atoms with E-state index in [0.717, 1.165) is 24.3 Å². The van der Waals surface area contributed by atoms with Crippen molar-refractivity contribution in [2.24, 2.45) is 0 Å². The van der Waals surface area contributed by atoms with E-state index in [2.05, 4.69) is 10.3 Å². The molecular weight excluding hydrogens is 216 g/mol. The van der Waals surface area contributed by atoms with Crippen molar-refractivity contribution in [2.45, 2.75) is 12.8 Å². The second kappa shape index (κ2) is 5.50. The van der Waals surface area contributed by atoms with Crippen LogP contribution in [0.1, 0.15) is 17.2 Å². The minimum absolute atomic E-state index is 0.268. The summed E-state index contributed by atoms with van der Waals surface area (Å²) in [4.78, 5) is 4.22. The van der Waals surface area contributed by atoms with Gasteiger partial charge in [-0.3, -0.25) is 0 Å². The first-order valence-electron chi connectivity index (χ1n) is 5.64. The van der Waals surface area contributed by atoms with Gasteiger partial charge in [-0.25, -0.2) is 4.98 Å². The second-order valence-electron chi connectivity index (χ2n) is 3.92. The minimum atomic E-state index is 0.268. The largest absolute Gasteiger partial charge is 0.508 e. The molecule has 0 aliphatic rings. The summed E-state index contributed by atoms with van der Waals surface area (Å²) in [5.41, 5.74) is 0.993. The van der Waals surface area contributed by atoms with Gasteiger partial charge in [-0.05, 0) is 24.7 Å². The molecule has 17 heavy (non-hydrogen) atoms. The number of aromatic nitrogens is 1. The van der Waals surface area contributed by atoms with Crippen LogP contribution < -0.4 is 5.32 Å². The number of hydrogen-bond acceptors (Lipinski definition) is 4. The number of hydrogen-bond donors (Lipinski definition) is 2. The van der Waals surface area contributed by atoms with Crippen molar-refractivity contribution in [3.8, 4) is 5.75 Å². The lowest BCUT2D eigenvalue weighted by Crippen LogP contribution is -2.09. The number of phenolic OH excluding ortho intramolecular Hbond substituents is 1. The first-order valence-corrected chi connectivity index (χ1v) is 5.64. The van der Waals surface area contributed by atoms with E-state index in [-0.39, 0.29) is 5.75 Å². The molecule has 0 aliphatic heterocycles. The molecule has 0 amide bonds. The van der Waals surface area contributed by atoms with Gasteiger partial charge in [0, 0.05) is 19.4 Å². The number of phenols is 1. The summed E-state index contributed by atoms with van der Waals surface area (Å²) in [7, 11) is 1.91. The minimum Gasteiger partial charge on any atom is -0.508 e. The Kier molecular flexibility index (Phi) is 3.77. The molecule has 1 aromatic carbocycles. The van der Waals surface area contributed by atoms with Crippen molar-refractivity contribution in [3.05, 3.63) is 47.7 Å². The summed E-state index contributed by atoms with van der Waals surface area (Å²) in [5.74, 6) is 1.83. The molecule has 0 atom stereocenters. The van der Waals surface area contributed by atoms with E-state index in [9.17, 15) is 5.11 Å². The van der Waals surface area contributed by atoms with Gasteiger partial charge in [0.25, 0.3) is 0 Å². The third-order valence-electron chi connectivity index (χ3n) is 2.49. The van der Waals surface area contributed by atoms with E-state index in [0.29, 0.717) is 12.3 Å². The van der Waals surface area contributed by atoms with Crippen LogP contribution in [0.3, 0.4) is 0 Å². The lowest BCUT2D eigenvalue weighted by Gasteiger charge is -1.98. The van der Waals surface area contributed by atoms with E-state index < -0.39 is 0 Å². The van der Waals surface area contributed by atoms with Crippen LogP contribution in [0.15, 0.2) is 34.9 Å². The van der Waals surface area contributed by atoms with Crippen molar-refractivity contribution < 1.29 is 9.52 Å². The smallest absolute Gasteiger partial charge is 0.198 e. The van der Waals surface area contributed by atoms with Crippen LogP contribution in [0.25, 0.3) is 0 Å². The highest BCUT2D eigenvalue weighted by Gasteiger charge is 2.05. The molecule has 1 aromatic heterocycles. The molecule has 4 heteroatoms. The van der Waals surface area contributed by atoms with Crippen molar-refractivity contribution in [1.82, 2.24) is 10.3 Å². The number of oxazole rings is 1. The zero-order valence-corrected chi connectivity index (χ0v) is 9.81. The molecule has 90 valence electrons. The Balaban J connectivity index is 2.01. The highest BCUT2D eigenvalue weighted by molar-refractivity contribution is 5.28. The molecule has 0 saturated carbocycles. The van der Waals surface area contributed by atoms with Crippen LogP contribution in [0, 0.1) is 0 Å². The zero-order chi connectivity index (χ0) is 12.1. The van der Waals surface area contributed by atoms with Crippen LogP contribution in [-0.4, -0.2) is 23.7 Å². The molecule has 1 heterocycles. The van der Waals surface area contributed by atoms with Crippen LogP contribution in [0.2, 0.25) is 0 Å². The maximum Gasteiger partial charge on any atom is 0.198 e. The highest BCUT2D eigenvalue weighted by atomic mass is 16.4. The SMILES string of the molecule is CNCCc1cnc(Cc2cccc(O)c2)o1. The lowest BCUT2D eigenvalue weighted by atomic mass is 10.1. The fourth-order valence-electron chi connectivity index (χ4n) is 1.63. The molecule has 0 unspecified atom stereocenters. The van der Waals surface area contributed by atoms with Gasteiger partial charge in [0.2, 0.25) is 0 Å². The summed E-state index contributed by atoms with van der Waals surface area (Å²) in [5, 5.41) is 12.4. The van der Waals surface area contributed by atoms with E-state index in [4.69, 9.17) is 4.42 Å². The summed E-state index contributed by atoms with van der Waals surface area (Å²) >= 11 is 0. The molecule has 2 rings (SSSR count). The first-order chi connectivity index (χ1) is 8.28. The number of likely N-dealkylation sites (N-methyl/N-ethyl adjacent to an activating group) is 1. The lowest BCUT2D eigenvalue weighted by molar-refractivity contribution is 0.459. The number of aromatic hydroxyl groups is 1. The number of rotatable bonds is 5. The average molecular weight is 232 g/mol. The Hall–Kier alpha value is -1.81. The van der Waals surface area contributed by atoms with Crippen LogP contribution in [-0.2, 0) is 12.8 Å². The van der Waals surface area contributed by atoms with Crippen LogP contribution in [0.5, 0.6) is 5.75 Å². The molecule has 4 nitrogen and oxygen atoms in total. The van der Waals surface area contributed by atoms with Gasteiger partial charge in [0.15, 0.2) is 5.89 Å². The second-order valence-corrected chi connectivity index (χ2v) is 3.92. The normalized spacial score (nSPS) is 10.6. The Bertz CT molecular complexity index is 480. The molecule has 0 fully saturated rings. The standard InChI is InChI=1S/C13H16N2O2/c1-14-6-5-12-9-15-13(17-12)8-10-3-2-4-11(16)7-10/h2-4,7,9,14,16H,5-6,8H2,1H3. The monoisotopic (exact) mass is 232 g/mol. The van der Waals surface area contributed by atoms with E-state index in [1.807, 2.05) is 19.2 Å². The molecule has 2 aromatic rings. The summed E-state index contributed by atoms with van der Waals surface area (Å²) in [6, 6.07) is 7.13. The number of nitrogens with one attached hydrogen (secondary N) is 1. The average Bonchev–Trinajstić information content (AvgIpc) is 2.74. The molecular formula is C13H16N2O2. The maximum atomic E-state index is 9.35. The molecule has 0 bridgehead atoms. The summed E-state index contributed by atoms with van der Waals surface area (Å²) in [6.07, 6.45) is 3.20. The summed E-state index contributed by atoms with van der Waals surface area (Å²) in [6.45, 7) is 0.876. The summed E-state index contributed by atoms with van der Waals surface area (Å²) < 4.78 is 5.60. The van der Waals surface area contributed by atoms with E-state index in [1.54, 1.807) is 18.3 Å². The first kappa shape index (κ1) is 11.7. The fraction of sp³-hybridized carbons (Fsp3) is 0.308.